The number of primary amides is 1. The van der Waals surface area contributed by atoms with Crippen molar-refractivity contribution in [3.63, 3.8) is 0 Å². The van der Waals surface area contributed by atoms with Gasteiger partial charge in [-0.3, -0.25) is 4.79 Å². The molecule has 1 atom stereocenters. The molecule has 3 N–H and O–H groups in total. The molecular formula is C16H34N4O3. The molecule has 7 nitrogen and oxygen atoms in total. The summed E-state index contributed by atoms with van der Waals surface area (Å²) in [4.78, 5) is 27.7. The molecule has 136 valence electrons. The van der Waals surface area contributed by atoms with Gasteiger partial charge < -0.3 is 25.6 Å². The fourth-order valence-electron chi connectivity index (χ4n) is 1.84. The van der Waals surface area contributed by atoms with Gasteiger partial charge in [-0.1, -0.05) is 0 Å². The van der Waals surface area contributed by atoms with Gasteiger partial charge in [-0.15, -0.1) is 0 Å². The van der Waals surface area contributed by atoms with Gasteiger partial charge in [0.1, 0.15) is 11.6 Å². The van der Waals surface area contributed by atoms with Gasteiger partial charge in [0.05, 0.1) is 0 Å². The zero-order valence-electron chi connectivity index (χ0n) is 15.9. The van der Waals surface area contributed by atoms with Gasteiger partial charge in [0.25, 0.3) is 0 Å². The van der Waals surface area contributed by atoms with E-state index in [9.17, 15) is 9.59 Å². The normalized spacial score (nSPS) is 13.8. The van der Waals surface area contributed by atoms with Gasteiger partial charge in [-0.05, 0) is 55.6 Å². The molecule has 0 saturated heterocycles. The first-order valence-electron chi connectivity index (χ1n) is 7.92. The van der Waals surface area contributed by atoms with E-state index in [1.165, 1.54) is 4.90 Å². The molecule has 0 bridgehead atoms. The molecule has 0 radical (unpaired) electrons. The Labute approximate surface area is 140 Å². The molecule has 23 heavy (non-hydrogen) atoms. The maximum atomic E-state index is 12.5. The molecule has 0 saturated carbocycles. The van der Waals surface area contributed by atoms with Crippen molar-refractivity contribution in [1.82, 2.24) is 15.1 Å². The molecule has 0 aliphatic rings. The van der Waals surface area contributed by atoms with E-state index in [1.807, 2.05) is 60.5 Å². The lowest BCUT2D eigenvalue weighted by Gasteiger charge is -2.38. The third-order valence-corrected chi connectivity index (χ3v) is 3.08. The Morgan fingerprint density at radius 3 is 2.00 bits per heavy atom. The third-order valence-electron chi connectivity index (χ3n) is 3.08. The number of nitrogens with zero attached hydrogens (tertiary/aromatic N) is 2. The lowest BCUT2D eigenvalue weighted by Crippen LogP contribution is -2.57. The SMILES string of the molecule is CN(C)CCNC(CN(C(=O)OC(C)(C)C)C(C)(C)C)C(N)=O. The Hall–Kier alpha value is -1.34. The van der Waals surface area contributed by atoms with Crippen LogP contribution in [0.1, 0.15) is 41.5 Å². The van der Waals surface area contributed by atoms with Crippen LogP contribution < -0.4 is 11.1 Å². The summed E-state index contributed by atoms with van der Waals surface area (Å²) in [6.07, 6.45) is -0.453. The summed E-state index contributed by atoms with van der Waals surface area (Å²) < 4.78 is 5.45. The Morgan fingerprint density at radius 2 is 1.65 bits per heavy atom. The Morgan fingerprint density at radius 1 is 1.13 bits per heavy atom. The van der Waals surface area contributed by atoms with Gasteiger partial charge in [0.2, 0.25) is 5.91 Å². The molecular weight excluding hydrogens is 296 g/mol. The molecule has 1 unspecified atom stereocenters. The lowest BCUT2D eigenvalue weighted by molar-refractivity contribution is -0.120. The summed E-state index contributed by atoms with van der Waals surface area (Å²) in [6.45, 7) is 12.7. The molecule has 0 rings (SSSR count). The number of carbonyl (C=O) groups is 2. The second-order valence-electron chi connectivity index (χ2n) is 7.97. The highest BCUT2D eigenvalue weighted by atomic mass is 16.6. The molecule has 0 fully saturated rings. The van der Waals surface area contributed by atoms with E-state index in [-0.39, 0.29) is 6.54 Å². The van der Waals surface area contributed by atoms with Crippen molar-refractivity contribution in [2.75, 3.05) is 33.7 Å². The Bertz CT molecular complexity index is 397. The average molecular weight is 330 g/mol. The van der Waals surface area contributed by atoms with E-state index in [0.29, 0.717) is 6.54 Å². The number of hydrogen-bond donors (Lipinski definition) is 2. The highest BCUT2D eigenvalue weighted by molar-refractivity contribution is 5.81. The van der Waals surface area contributed by atoms with Crippen LogP contribution >= 0.6 is 0 Å². The highest BCUT2D eigenvalue weighted by Crippen LogP contribution is 2.18. The number of nitrogens with two attached hydrogens (primary N) is 1. The average Bonchev–Trinajstić information content (AvgIpc) is 2.28. The van der Waals surface area contributed by atoms with Crippen molar-refractivity contribution in [3.05, 3.63) is 0 Å². The first kappa shape index (κ1) is 21.7. The predicted molar refractivity (Wildman–Crippen MR) is 92.2 cm³/mol. The summed E-state index contributed by atoms with van der Waals surface area (Å²) in [5.41, 5.74) is 4.40. The minimum Gasteiger partial charge on any atom is -0.444 e. The zero-order chi connectivity index (χ0) is 18.4. The number of likely N-dealkylation sites (N-methyl/N-ethyl adjacent to an activating group) is 1. The van der Waals surface area contributed by atoms with Crippen LogP contribution in [0.5, 0.6) is 0 Å². The monoisotopic (exact) mass is 330 g/mol. The van der Waals surface area contributed by atoms with Crippen molar-refractivity contribution in [3.8, 4) is 0 Å². The molecule has 0 aromatic heterocycles. The summed E-state index contributed by atoms with van der Waals surface area (Å²) in [5.74, 6) is -0.485. The summed E-state index contributed by atoms with van der Waals surface area (Å²) >= 11 is 0. The topological polar surface area (TPSA) is 87.9 Å². The van der Waals surface area contributed by atoms with Crippen LogP contribution in [0.25, 0.3) is 0 Å². The third kappa shape index (κ3) is 9.40. The van der Waals surface area contributed by atoms with Crippen molar-refractivity contribution < 1.29 is 14.3 Å². The van der Waals surface area contributed by atoms with Crippen molar-refractivity contribution >= 4 is 12.0 Å². The highest BCUT2D eigenvalue weighted by Gasteiger charge is 2.33. The quantitative estimate of drug-likeness (QED) is 0.728. The lowest BCUT2D eigenvalue weighted by atomic mass is 10.1. The molecule has 2 amide bonds. The summed E-state index contributed by atoms with van der Waals surface area (Å²) in [7, 11) is 3.90. The molecule has 7 heteroatoms. The molecule has 0 aromatic rings. The number of amides is 2. The van der Waals surface area contributed by atoms with Crippen molar-refractivity contribution in [2.45, 2.75) is 58.7 Å². The van der Waals surface area contributed by atoms with Crippen LogP contribution in [0.4, 0.5) is 4.79 Å². The van der Waals surface area contributed by atoms with Crippen LogP contribution in [-0.2, 0) is 9.53 Å². The van der Waals surface area contributed by atoms with Crippen LogP contribution in [0, 0.1) is 0 Å². The largest absolute Gasteiger partial charge is 0.444 e. The summed E-state index contributed by atoms with van der Waals surface area (Å²) in [6, 6.07) is -0.623. The van der Waals surface area contributed by atoms with Crippen LogP contribution in [-0.4, -0.2) is 72.7 Å². The smallest absolute Gasteiger partial charge is 0.410 e. The maximum absolute atomic E-state index is 12.5. The maximum Gasteiger partial charge on any atom is 0.410 e. The van der Waals surface area contributed by atoms with E-state index in [1.54, 1.807) is 0 Å². The fourth-order valence-corrected chi connectivity index (χ4v) is 1.84. The number of hydrogen-bond acceptors (Lipinski definition) is 5. The van der Waals surface area contributed by atoms with Gasteiger partial charge in [0, 0.05) is 25.2 Å². The zero-order valence-corrected chi connectivity index (χ0v) is 15.9. The molecule has 0 aromatic carbocycles. The van der Waals surface area contributed by atoms with E-state index >= 15 is 0 Å². The standard InChI is InChI=1S/C16H34N4O3/c1-15(2,3)20(14(22)23-16(4,5)6)11-12(13(17)21)18-9-10-19(7)8/h12,18H,9-11H2,1-8H3,(H2,17,21). The van der Waals surface area contributed by atoms with E-state index in [2.05, 4.69) is 5.32 Å². The van der Waals surface area contributed by atoms with E-state index in [4.69, 9.17) is 10.5 Å². The first-order valence-corrected chi connectivity index (χ1v) is 7.92. The van der Waals surface area contributed by atoms with Gasteiger partial charge >= 0.3 is 6.09 Å². The van der Waals surface area contributed by atoms with Crippen LogP contribution in [0.15, 0.2) is 0 Å². The summed E-state index contributed by atoms with van der Waals surface area (Å²) in [5, 5.41) is 3.11. The van der Waals surface area contributed by atoms with E-state index in [0.717, 1.165) is 6.54 Å². The van der Waals surface area contributed by atoms with Crippen molar-refractivity contribution in [2.24, 2.45) is 5.73 Å². The molecule has 0 heterocycles. The van der Waals surface area contributed by atoms with Crippen molar-refractivity contribution in [1.29, 1.82) is 0 Å². The number of carbonyl (C=O) groups excluding carboxylic acids is 2. The Kier molecular flexibility index (Phi) is 8.00. The van der Waals surface area contributed by atoms with E-state index < -0.39 is 29.2 Å². The fraction of sp³-hybridized carbons (Fsp3) is 0.875. The minimum atomic E-state index is -0.623. The van der Waals surface area contributed by atoms with Gasteiger partial charge in [-0.25, -0.2) is 4.79 Å². The predicted octanol–water partition coefficient (Wildman–Crippen LogP) is 1.03. The molecule has 0 spiro atoms. The number of ether oxygens (including phenoxy) is 1. The second kappa shape index (κ2) is 8.49. The molecule has 0 aliphatic heterocycles. The Balaban J connectivity index is 5.02. The minimum absolute atomic E-state index is 0.168. The van der Waals surface area contributed by atoms with Gasteiger partial charge in [0.15, 0.2) is 0 Å². The second-order valence-corrected chi connectivity index (χ2v) is 7.97. The van der Waals surface area contributed by atoms with Crippen LogP contribution in [0.2, 0.25) is 0 Å². The number of nitrogens with one attached hydrogen (secondary N) is 1. The first-order chi connectivity index (χ1) is 10.2. The number of rotatable bonds is 7. The van der Waals surface area contributed by atoms with Crippen LogP contribution in [0.3, 0.4) is 0 Å². The van der Waals surface area contributed by atoms with Gasteiger partial charge in [-0.2, -0.15) is 0 Å². The molecule has 0 aliphatic carbocycles.